The highest BCUT2D eigenvalue weighted by atomic mass is 32.1. The number of nitrogens with zero attached hydrogens (tertiary/aromatic N) is 3. The Morgan fingerprint density at radius 2 is 1.09 bits per heavy atom. The van der Waals surface area contributed by atoms with Crippen molar-refractivity contribution in [1.29, 1.82) is 0 Å². The lowest BCUT2D eigenvalue weighted by Crippen LogP contribution is -2.00. The Labute approximate surface area is 346 Å². The smallest absolute Gasteiger partial charge is 0.164 e. The summed E-state index contributed by atoms with van der Waals surface area (Å²) in [5.74, 6) is 0.794. The molecular weight excluding hydrogens is 727 g/mol. The largest absolute Gasteiger partial charge is 0.455 e. The summed E-state index contributed by atoms with van der Waals surface area (Å²) in [5, 5.41) is 9.02. The van der Waals surface area contributed by atoms with Crippen LogP contribution in [0.25, 0.3) is 120 Å². The molecule has 5 heteroatoms. The SMILES string of the molecule is [2H]c1c([2H])c(-c2cccc3c2oc2ccccc23)c2c(sc3c([2H])c(-c4nc(-c5cc(C)cc(C)c5)nc(-c5ccc6c7ccccc7c7ccccc7c6c5)n4)c([2H])c([2H])c32)c1[2H]. The van der Waals surface area contributed by atoms with Crippen molar-refractivity contribution in [3.63, 3.8) is 0 Å². The highest BCUT2D eigenvalue weighted by Gasteiger charge is 2.19. The van der Waals surface area contributed by atoms with Gasteiger partial charge in [0.05, 0.1) is 8.22 Å². The molecule has 3 heterocycles. The third-order valence-electron chi connectivity index (χ3n) is 11.1. The van der Waals surface area contributed by atoms with Crippen LogP contribution in [-0.4, -0.2) is 15.0 Å². The number of hydrogen-bond acceptors (Lipinski definition) is 5. The molecule has 0 aliphatic carbocycles. The molecule has 12 rings (SSSR count). The lowest BCUT2D eigenvalue weighted by Gasteiger charge is -2.13. The number of para-hydroxylation sites is 2. The van der Waals surface area contributed by atoms with E-state index in [4.69, 9.17) is 22.1 Å². The molecule has 0 N–H and O–H groups in total. The summed E-state index contributed by atoms with van der Waals surface area (Å²) in [4.78, 5) is 15.1. The van der Waals surface area contributed by atoms with Crippen molar-refractivity contribution < 1.29 is 12.6 Å². The third-order valence-corrected chi connectivity index (χ3v) is 12.1. The van der Waals surface area contributed by atoms with Crippen molar-refractivity contribution in [2.75, 3.05) is 0 Å². The molecule has 0 saturated carbocycles. The molecule has 58 heavy (non-hydrogen) atoms. The van der Waals surface area contributed by atoms with Crippen molar-refractivity contribution in [3.05, 3.63) is 175 Å². The van der Waals surface area contributed by atoms with Gasteiger partial charge < -0.3 is 4.42 Å². The Balaban J connectivity index is 1.13. The molecule has 0 saturated heterocycles. The van der Waals surface area contributed by atoms with Gasteiger partial charge in [0.1, 0.15) is 11.2 Å². The van der Waals surface area contributed by atoms with E-state index in [1.165, 1.54) is 5.39 Å². The molecule has 12 aromatic rings. The second-order valence-electron chi connectivity index (χ2n) is 14.8. The van der Waals surface area contributed by atoms with E-state index in [0.29, 0.717) is 48.7 Å². The first-order valence-electron chi connectivity index (χ1n) is 22.1. The minimum Gasteiger partial charge on any atom is -0.455 e. The molecule has 0 unspecified atom stereocenters. The third kappa shape index (κ3) is 5.10. The zero-order chi connectivity index (χ0) is 43.7. The van der Waals surface area contributed by atoms with Crippen LogP contribution in [0, 0.1) is 13.8 Å². The molecule has 4 nitrogen and oxygen atoms in total. The maximum atomic E-state index is 9.83. The van der Waals surface area contributed by atoms with Crippen molar-refractivity contribution in [3.8, 4) is 45.3 Å². The number of thiophene rings is 1. The second kappa shape index (κ2) is 12.7. The summed E-state index contributed by atoms with van der Waals surface area (Å²) in [6.45, 7) is 4.02. The van der Waals surface area contributed by atoms with Crippen LogP contribution in [0.3, 0.4) is 0 Å². The minimum absolute atomic E-state index is 0.0558. The summed E-state index contributed by atoms with van der Waals surface area (Å²) < 4.78 is 63.6. The highest BCUT2D eigenvalue weighted by molar-refractivity contribution is 7.26. The maximum Gasteiger partial charge on any atom is 0.164 e. The molecule has 0 spiro atoms. The van der Waals surface area contributed by atoms with Crippen LogP contribution >= 0.6 is 11.3 Å². The van der Waals surface area contributed by atoms with Crippen molar-refractivity contribution in [2.45, 2.75) is 13.8 Å². The van der Waals surface area contributed by atoms with Gasteiger partial charge in [0.25, 0.3) is 0 Å². The molecule has 3 aromatic heterocycles. The van der Waals surface area contributed by atoms with E-state index in [0.717, 1.165) is 71.3 Å². The van der Waals surface area contributed by atoms with Gasteiger partial charge in [-0.25, -0.2) is 15.0 Å². The van der Waals surface area contributed by atoms with E-state index in [-0.39, 0.29) is 53.0 Å². The first-order chi connectivity index (χ1) is 31.0. The van der Waals surface area contributed by atoms with Crippen LogP contribution in [-0.2, 0) is 0 Å². The van der Waals surface area contributed by atoms with Gasteiger partial charge in [-0.15, -0.1) is 11.3 Å². The van der Waals surface area contributed by atoms with Gasteiger partial charge in [0, 0.05) is 53.2 Å². The zero-order valence-electron chi connectivity index (χ0n) is 37.3. The van der Waals surface area contributed by atoms with E-state index in [1.54, 1.807) is 0 Å². The number of furan rings is 1. The van der Waals surface area contributed by atoms with E-state index >= 15 is 0 Å². The molecule has 0 atom stereocenters. The van der Waals surface area contributed by atoms with Gasteiger partial charge in [0.2, 0.25) is 0 Å². The fraction of sp³-hybridized carbons (Fsp3) is 0.0377. The van der Waals surface area contributed by atoms with Crippen LogP contribution in [0.2, 0.25) is 0 Å². The number of aryl methyl sites for hydroxylation is 2. The lowest BCUT2D eigenvalue weighted by molar-refractivity contribution is 0.670. The quantitative estimate of drug-likeness (QED) is 0.167. The van der Waals surface area contributed by atoms with E-state index in [1.807, 2.05) is 92.7 Å². The summed E-state index contributed by atoms with van der Waals surface area (Å²) in [7, 11) is 0. The van der Waals surface area contributed by atoms with E-state index < -0.39 is 0 Å². The summed E-state index contributed by atoms with van der Waals surface area (Å²) in [6.07, 6.45) is 0. The molecular formula is C53H33N3OS. The minimum atomic E-state index is -0.275. The maximum absolute atomic E-state index is 9.83. The number of hydrogen-bond donors (Lipinski definition) is 0. The Morgan fingerprint density at radius 1 is 0.466 bits per heavy atom. The monoisotopic (exact) mass is 765 g/mol. The molecule has 0 fully saturated rings. The summed E-state index contributed by atoms with van der Waals surface area (Å²) in [6, 6.07) is 41.1. The highest BCUT2D eigenvalue weighted by Crippen LogP contribution is 2.44. The van der Waals surface area contributed by atoms with Crippen LogP contribution < -0.4 is 0 Å². The second-order valence-corrected chi connectivity index (χ2v) is 15.8. The van der Waals surface area contributed by atoms with Crippen LogP contribution in [0.4, 0.5) is 0 Å². The average Bonchev–Trinajstić information content (AvgIpc) is 3.90. The van der Waals surface area contributed by atoms with Gasteiger partial charge in [-0.1, -0.05) is 138 Å². The Kier molecular flexibility index (Phi) is 5.98. The van der Waals surface area contributed by atoms with Crippen LogP contribution in [0.15, 0.2) is 168 Å². The molecule has 0 aliphatic rings. The lowest BCUT2D eigenvalue weighted by atomic mass is 9.93. The van der Waals surface area contributed by atoms with Crippen molar-refractivity contribution in [1.82, 2.24) is 15.0 Å². The summed E-state index contributed by atoms with van der Waals surface area (Å²) in [5.41, 5.74) is 5.62. The van der Waals surface area contributed by atoms with Gasteiger partial charge in [0.15, 0.2) is 17.5 Å². The van der Waals surface area contributed by atoms with Gasteiger partial charge in [-0.2, -0.15) is 0 Å². The Bertz CT molecular complexity index is 3970. The van der Waals surface area contributed by atoms with Crippen LogP contribution in [0.1, 0.15) is 19.4 Å². The standard InChI is InChI=1S/C53H33N3OS/c1-30-25-31(2)27-34(26-30)53-55-51(32-21-23-39-37-13-4-3-11-35(37)36-12-5-6-14-38(36)45(39)28-32)54-52(56-53)33-22-24-44-48(29-33)58-47-20-10-16-41(49(44)47)43-18-9-17-42-40-15-7-8-19-46(40)57-50(42)43/h3-29H,1-2H3/i10D,16D,20D,22D,24D,29D. The molecule has 0 aliphatic heterocycles. The molecule has 9 aromatic carbocycles. The van der Waals surface area contributed by atoms with E-state index in [9.17, 15) is 5.48 Å². The predicted octanol–water partition coefficient (Wildman–Crippen LogP) is 14.9. The molecule has 0 amide bonds. The number of aromatic nitrogens is 3. The fourth-order valence-electron chi connectivity index (χ4n) is 8.60. The Hall–Kier alpha value is -7.21. The van der Waals surface area contributed by atoms with Crippen molar-refractivity contribution in [2.24, 2.45) is 0 Å². The molecule has 0 bridgehead atoms. The Morgan fingerprint density at radius 3 is 1.83 bits per heavy atom. The fourth-order valence-corrected chi connectivity index (χ4v) is 9.62. The van der Waals surface area contributed by atoms with Crippen molar-refractivity contribution >= 4 is 85.8 Å². The van der Waals surface area contributed by atoms with Gasteiger partial charge in [-0.3, -0.25) is 0 Å². The zero-order valence-corrected chi connectivity index (χ0v) is 32.1. The van der Waals surface area contributed by atoms with E-state index in [2.05, 4.69) is 48.5 Å². The first kappa shape index (κ1) is 27.4. The number of fused-ring (bicyclic) bond motifs is 12. The number of benzene rings is 9. The molecule has 272 valence electrons. The van der Waals surface area contributed by atoms with Gasteiger partial charge >= 0.3 is 0 Å². The normalized spacial score (nSPS) is 13.4. The molecule has 0 radical (unpaired) electrons. The average molecular weight is 766 g/mol. The topological polar surface area (TPSA) is 51.8 Å². The number of rotatable bonds is 4. The van der Waals surface area contributed by atoms with Gasteiger partial charge in [-0.05, 0) is 88.1 Å². The van der Waals surface area contributed by atoms with Crippen LogP contribution in [0.5, 0.6) is 0 Å². The first-order valence-corrected chi connectivity index (χ1v) is 19.9. The summed E-state index contributed by atoms with van der Waals surface area (Å²) >= 11 is 1.11. The predicted molar refractivity (Wildman–Crippen MR) is 244 cm³/mol.